The number of ketones is 1. The molecule has 7 nitrogen and oxygen atoms in total. The van der Waals surface area contributed by atoms with Crippen LogP contribution in [0.1, 0.15) is 42.1 Å². The summed E-state index contributed by atoms with van der Waals surface area (Å²) < 4.78 is 1.90. The summed E-state index contributed by atoms with van der Waals surface area (Å²) in [6.07, 6.45) is 6.69. The van der Waals surface area contributed by atoms with Gasteiger partial charge in [0.25, 0.3) is 11.1 Å². The fraction of sp³-hybridized carbons (Fsp3) is 0.286. The number of hydrogen-bond donors (Lipinski definition) is 0. The number of likely N-dealkylation sites (tertiary alicyclic amines) is 1. The topological polar surface area (TPSA) is 79.7 Å². The van der Waals surface area contributed by atoms with Crippen molar-refractivity contribution < 1.29 is 19.2 Å². The van der Waals surface area contributed by atoms with Gasteiger partial charge < -0.3 is 9.47 Å². The first-order chi connectivity index (χ1) is 17.8. The fourth-order valence-corrected chi connectivity index (χ4v) is 5.83. The Morgan fingerprint density at radius 3 is 2.57 bits per heavy atom. The highest BCUT2D eigenvalue weighted by molar-refractivity contribution is 8.18. The second kappa shape index (κ2) is 10.6. The maximum absolute atomic E-state index is 13.1. The summed E-state index contributed by atoms with van der Waals surface area (Å²) in [5, 5.41) is 0.888. The number of piperidine rings is 1. The minimum absolute atomic E-state index is 0.0699. The van der Waals surface area contributed by atoms with E-state index in [-0.39, 0.29) is 35.7 Å². The Morgan fingerprint density at radius 1 is 1.05 bits per heavy atom. The number of amides is 3. The molecule has 3 aromatic rings. The lowest BCUT2D eigenvalue weighted by Gasteiger charge is -2.33. The number of nitrogens with zero attached hydrogens (tertiary/aromatic N) is 3. The van der Waals surface area contributed by atoms with E-state index >= 15 is 0 Å². The summed E-state index contributed by atoms with van der Waals surface area (Å²) in [6, 6.07) is 14.2. The van der Waals surface area contributed by atoms with Crippen LogP contribution in [0.4, 0.5) is 4.79 Å². The van der Waals surface area contributed by atoms with Crippen LogP contribution in [-0.2, 0) is 16.1 Å². The van der Waals surface area contributed by atoms with E-state index in [0.717, 1.165) is 58.9 Å². The maximum Gasteiger partial charge on any atom is 0.293 e. The van der Waals surface area contributed by atoms with Gasteiger partial charge >= 0.3 is 0 Å². The largest absolute Gasteiger partial charge is 0.338 e. The van der Waals surface area contributed by atoms with Gasteiger partial charge in [-0.25, -0.2) is 0 Å². The van der Waals surface area contributed by atoms with Crippen molar-refractivity contribution in [1.82, 2.24) is 14.4 Å². The molecule has 5 rings (SSSR count). The molecule has 0 radical (unpaired) electrons. The molecular weight excluding hydrogens is 510 g/mol. The predicted octanol–water partition coefficient (Wildman–Crippen LogP) is 5.61. The Hall–Kier alpha value is -3.36. The smallest absolute Gasteiger partial charge is 0.293 e. The number of carbonyl (C=O) groups is 4. The highest BCUT2D eigenvalue weighted by atomic mass is 35.5. The van der Waals surface area contributed by atoms with Gasteiger partial charge in [0, 0.05) is 45.8 Å². The van der Waals surface area contributed by atoms with Crippen LogP contribution in [-0.4, -0.2) is 56.3 Å². The Morgan fingerprint density at radius 2 is 1.81 bits per heavy atom. The molecule has 3 heterocycles. The van der Waals surface area contributed by atoms with Crippen LogP contribution in [0.15, 0.2) is 59.6 Å². The van der Waals surface area contributed by atoms with E-state index in [2.05, 4.69) is 6.92 Å². The average molecular weight is 536 g/mol. The van der Waals surface area contributed by atoms with Crippen LogP contribution in [0.2, 0.25) is 5.02 Å². The number of halogens is 1. The highest BCUT2D eigenvalue weighted by Gasteiger charge is 2.36. The van der Waals surface area contributed by atoms with E-state index in [9.17, 15) is 19.2 Å². The number of imide groups is 1. The third kappa shape index (κ3) is 5.22. The highest BCUT2D eigenvalue weighted by Crippen LogP contribution is 2.34. The lowest BCUT2D eigenvalue weighted by Crippen LogP contribution is -2.43. The Labute approximate surface area is 224 Å². The van der Waals surface area contributed by atoms with E-state index in [1.807, 2.05) is 39.9 Å². The Kier molecular flexibility index (Phi) is 7.22. The molecule has 0 spiro atoms. The van der Waals surface area contributed by atoms with Crippen LogP contribution in [0.25, 0.3) is 17.0 Å². The second-order valence-electron chi connectivity index (χ2n) is 9.36. The van der Waals surface area contributed by atoms with Crippen molar-refractivity contribution in [3.63, 3.8) is 0 Å². The predicted molar refractivity (Wildman–Crippen MR) is 145 cm³/mol. The third-order valence-corrected chi connectivity index (χ3v) is 8.04. The molecule has 2 aliphatic heterocycles. The van der Waals surface area contributed by atoms with Crippen LogP contribution in [0.5, 0.6) is 0 Å². The molecule has 0 unspecified atom stereocenters. The van der Waals surface area contributed by atoms with Gasteiger partial charge in [0.15, 0.2) is 5.78 Å². The molecule has 1 atom stereocenters. The van der Waals surface area contributed by atoms with Crippen molar-refractivity contribution in [3.05, 3.63) is 75.8 Å². The fourth-order valence-electron chi connectivity index (χ4n) is 4.87. The van der Waals surface area contributed by atoms with Crippen LogP contribution in [0.3, 0.4) is 0 Å². The third-order valence-electron chi connectivity index (χ3n) is 6.88. The van der Waals surface area contributed by atoms with E-state index in [1.54, 1.807) is 30.3 Å². The molecular formula is C28H26ClN3O4S. The first-order valence-corrected chi connectivity index (χ1v) is 13.4. The lowest BCUT2D eigenvalue weighted by molar-refractivity contribution is -0.135. The van der Waals surface area contributed by atoms with Crippen molar-refractivity contribution in [1.29, 1.82) is 0 Å². The number of carbonyl (C=O) groups excluding carboxylic acids is 4. The molecule has 37 heavy (non-hydrogen) atoms. The average Bonchev–Trinajstić information content (AvgIpc) is 3.36. The van der Waals surface area contributed by atoms with Crippen molar-refractivity contribution >= 4 is 63.2 Å². The molecule has 0 bridgehead atoms. The zero-order valence-electron chi connectivity index (χ0n) is 20.4. The molecule has 2 aliphatic rings. The summed E-state index contributed by atoms with van der Waals surface area (Å²) >= 11 is 6.69. The zero-order valence-corrected chi connectivity index (χ0v) is 21.9. The number of fused-ring (bicyclic) bond motifs is 1. The minimum Gasteiger partial charge on any atom is -0.338 e. The summed E-state index contributed by atoms with van der Waals surface area (Å²) in [6.45, 7) is 2.72. The molecule has 3 amide bonds. The van der Waals surface area contributed by atoms with Crippen molar-refractivity contribution in [2.45, 2.75) is 38.8 Å². The lowest BCUT2D eigenvalue weighted by atomic mass is 10.0. The van der Waals surface area contributed by atoms with Crippen molar-refractivity contribution in [2.75, 3.05) is 13.1 Å². The molecule has 2 aromatic carbocycles. The zero-order chi connectivity index (χ0) is 26.1. The SMILES string of the molecule is C[C@H]1CCCCN1C(=O)Cn1cc(/C=C2\SC(=O)N(CC(=O)c3ccc(Cl)cc3)C2=O)c2ccccc21. The van der Waals surface area contributed by atoms with Gasteiger partial charge in [0.2, 0.25) is 5.91 Å². The number of Topliss-reactive ketones (excluding diaryl/α,β-unsaturated/α-hetero) is 1. The minimum atomic E-state index is -0.507. The molecule has 0 aliphatic carbocycles. The van der Waals surface area contributed by atoms with Crippen LogP contribution >= 0.6 is 23.4 Å². The second-order valence-corrected chi connectivity index (χ2v) is 10.8. The first kappa shape index (κ1) is 25.3. The molecule has 0 N–H and O–H groups in total. The van der Waals surface area contributed by atoms with E-state index < -0.39 is 11.1 Å². The van der Waals surface area contributed by atoms with E-state index in [1.165, 1.54) is 0 Å². The Balaban J connectivity index is 1.38. The maximum atomic E-state index is 13.1. The van der Waals surface area contributed by atoms with E-state index in [4.69, 9.17) is 11.6 Å². The number of rotatable bonds is 6. The van der Waals surface area contributed by atoms with Crippen molar-refractivity contribution in [3.8, 4) is 0 Å². The van der Waals surface area contributed by atoms with Gasteiger partial charge in [0.1, 0.15) is 6.54 Å². The number of para-hydroxylation sites is 1. The van der Waals surface area contributed by atoms with Crippen LogP contribution < -0.4 is 0 Å². The Bertz CT molecular complexity index is 1430. The number of hydrogen-bond acceptors (Lipinski definition) is 5. The molecule has 0 saturated carbocycles. The summed E-state index contributed by atoms with van der Waals surface area (Å²) in [5.74, 6) is -0.782. The van der Waals surface area contributed by atoms with E-state index in [0.29, 0.717) is 10.6 Å². The summed E-state index contributed by atoms with van der Waals surface area (Å²) in [4.78, 5) is 54.6. The van der Waals surface area contributed by atoms with Gasteiger partial charge in [-0.3, -0.25) is 24.1 Å². The standard InChI is InChI=1S/C28H26ClN3O4S/c1-18-6-4-5-13-31(18)26(34)17-30-15-20(22-7-2-3-8-23(22)30)14-25-27(35)32(28(36)37-25)16-24(33)19-9-11-21(29)12-10-19/h2-3,7-12,14-15,18H,4-6,13,16-17H2,1H3/b25-14-/t18-/m0/s1. The van der Waals surface area contributed by atoms with Crippen molar-refractivity contribution in [2.24, 2.45) is 0 Å². The van der Waals surface area contributed by atoms with Gasteiger partial charge in [-0.2, -0.15) is 0 Å². The van der Waals surface area contributed by atoms with Gasteiger partial charge in [-0.05, 0) is 74.4 Å². The monoisotopic (exact) mass is 535 g/mol. The molecule has 1 aromatic heterocycles. The van der Waals surface area contributed by atoms with Crippen LogP contribution in [0, 0.1) is 0 Å². The van der Waals surface area contributed by atoms with Gasteiger partial charge in [-0.1, -0.05) is 29.8 Å². The number of aromatic nitrogens is 1. The molecule has 9 heteroatoms. The first-order valence-electron chi connectivity index (χ1n) is 12.2. The normalized spacial score (nSPS) is 19.3. The molecule has 190 valence electrons. The summed E-state index contributed by atoms with van der Waals surface area (Å²) in [5.41, 5.74) is 2.00. The molecule has 2 saturated heterocycles. The number of benzene rings is 2. The quantitative estimate of drug-likeness (QED) is 0.302. The molecule has 2 fully saturated rings. The van der Waals surface area contributed by atoms with Gasteiger partial charge in [0.05, 0.1) is 11.4 Å². The summed E-state index contributed by atoms with van der Waals surface area (Å²) in [7, 11) is 0. The van der Waals surface area contributed by atoms with Gasteiger partial charge in [-0.15, -0.1) is 0 Å². The number of thioether (sulfide) groups is 1.